The molecule has 2 rings (SSSR count). The summed E-state index contributed by atoms with van der Waals surface area (Å²) in [6, 6.07) is 1.67. The molecule has 0 aliphatic heterocycles. The molecule has 1 amide bonds. The fourth-order valence-corrected chi connectivity index (χ4v) is 2.67. The summed E-state index contributed by atoms with van der Waals surface area (Å²) >= 11 is 0. The summed E-state index contributed by atoms with van der Waals surface area (Å²) in [6.45, 7) is 2.19. The Labute approximate surface area is 112 Å². The second-order valence-corrected chi connectivity index (χ2v) is 5.15. The van der Waals surface area contributed by atoms with E-state index in [0.717, 1.165) is 19.3 Å². The van der Waals surface area contributed by atoms with Crippen LogP contribution in [0.2, 0.25) is 0 Å². The van der Waals surface area contributed by atoms with Crippen molar-refractivity contribution in [3.05, 3.63) is 23.7 Å². The molecule has 1 aromatic heterocycles. The van der Waals surface area contributed by atoms with Gasteiger partial charge in [0.15, 0.2) is 0 Å². The molecule has 2 unspecified atom stereocenters. The summed E-state index contributed by atoms with van der Waals surface area (Å²) in [5.74, 6) is -0.570. The van der Waals surface area contributed by atoms with E-state index in [2.05, 4.69) is 5.32 Å². The Bertz CT molecular complexity index is 466. The average Bonchev–Trinajstić information content (AvgIpc) is 2.83. The lowest BCUT2D eigenvalue weighted by atomic mass is 9.79. The maximum Gasteiger partial charge on any atom is 0.306 e. The predicted octanol–water partition coefficient (Wildman–Crippen LogP) is 2.21. The zero-order chi connectivity index (χ0) is 13.8. The van der Waals surface area contributed by atoms with E-state index in [9.17, 15) is 9.59 Å². The molecule has 0 spiro atoms. The maximum atomic E-state index is 11.9. The van der Waals surface area contributed by atoms with Gasteiger partial charge in [0.2, 0.25) is 0 Å². The summed E-state index contributed by atoms with van der Waals surface area (Å²) in [7, 11) is 0. The highest BCUT2D eigenvalue weighted by Crippen LogP contribution is 2.29. The molecule has 104 valence electrons. The van der Waals surface area contributed by atoms with Crippen LogP contribution < -0.4 is 5.32 Å². The van der Waals surface area contributed by atoms with Crippen LogP contribution in [0.15, 0.2) is 16.7 Å². The predicted molar refractivity (Wildman–Crippen MR) is 68.9 cm³/mol. The van der Waals surface area contributed by atoms with Crippen molar-refractivity contribution in [3.63, 3.8) is 0 Å². The maximum absolute atomic E-state index is 11.9. The third-order valence-corrected chi connectivity index (χ3v) is 3.74. The van der Waals surface area contributed by atoms with Crippen molar-refractivity contribution >= 4 is 11.9 Å². The fourth-order valence-electron chi connectivity index (χ4n) is 2.67. The van der Waals surface area contributed by atoms with Gasteiger partial charge in [-0.1, -0.05) is 12.8 Å². The van der Waals surface area contributed by atoms with Crippen LogP contribution in [-0.2, 0) is 4.79 Å². The minimum absolute atomic E-state index is 0.0307. The third-order valence-electron chi connectivity index (χ3n) is 3.74. The Morgan fingerprint density at radius 2 is 2.16 bits per heavy atom. The van der Waals surface area contributed by atoms with E-state index in [4.69, 9.17) is 9.52 Å². The van der Waals surface area contributed by atoms with Gasteiger partial charge in [-0.3, -0.25) is 9.59 Å². The zero-order valence-corrected chi connectivity index (χ0v) is 11.0. The highest BCUT2D eigenvalue weighted by atomic mass is 16.4. The molecular weight excluding hydrogens is 246 g/mol. The van der Waals surface area contributed by atoms with Crippen molar-refractivity contribution in [1.82, 2.24) is 5.32 Å². The normalized spacial score (nSPS) is 23.0. The highest BCUT2D eigenvalue weighted by molar-refractivity contribution is 5.93. The summed E-state index contributed by atoms with van der Waals surface area (Å²) < 4.78 is 5.08. The number of carbonyl (C=O) groups is 2. The molecule has 0 aromatic carbocycles. The minimum Gasteiger partial charge on any atom is -0.481 e. The standard InChI is InChI=1S/C14H19NO4/c1-9-6-11(8-19-9)13(16)15-7-10-4-2-3-5-12(10)14(17)18/h6,8,10,12H,2-5,7H2,1H3,(H,15,16)(H,17,18). The number of hydrogen-bond acceptors (Lipinski definition) is 3. The molecule has 1 saturated carbocycles. The van der Waals surface area contributed by atoms with E-state index in [-0.39, 0.29) is 17.7 Å². The van der Waals surface area contributed by atoms with E-state index in [0.29, 0.717) is 24.3 Å². The zero-order valence-electron chi connectivity index (χ0n) is 11.0. The summed E-state index contributed by atoms with van der Waals surface area (Å²) in [5, 5.41) is 12.0. The molecule has 0 bridgehead atoms. The van der Waals surface area contributed by atoms with Crippen LogP contribution in [0.3, 0.4) is 0 Å². The molecule has 1 aliphatic carbocycles. The van der Waals surface area contributed by atoms with Gasteiger partial charge in [0, 0.05) is 6.54 Å². The largest absolute Gasteiger partial charge is 0.481 e. The molecule has 1 heterocycles. The van der Waals surface area contributed by atoms with Crippen LogP contribution in [0.25, 0.3) is 0 Å². The number of nitrogens with one attached hydrogen (secondary N) is 1. The van der Waals surface area contributed by atoms with Crippen LogP contribution in [0.1, 0.15) is 41.8 Å². The van der Waals surface area contributed by atoms with Gasteiger partial charge in [-0.15, -0.1) is 0 Å². The molecule has 0 radical (unpaired) electrons. The first-order chi connectivity index (χ1) is 9.08. The van der Waals surface area contributed by atoms with Crippen LogP contribution in [0.5, 0.6) is 0 Å². The second kappa shape index (κ2) is 5.91. The van der Waals surface area contributed by atoms with E-state index in [1.807, 2.05) is 0 Å². The topological polar surface area (TPSA) is 79.5 Å². The molecule has 0 saturated heterocycles. The van der Waals surface area contributed by atoms with Gasteiger partial charge in [0.05, 0.1) is 11.5 Å². The number of amides is 1. The number of carbonyl (C=O) groups excluding carboxylic acids is 1. The van der Waals surface area contributed by atoms with E-state index < -0.39 is 5.97 Å². The Balaban J connectivity index is 1.90. The summed E-state index contributed by atoms with van der Waals surface area (Å²) in [4.78, 5) is 23.0. The van der Waals surface area contributed by atoms with Gasteiger partial charge in [-0.05, 0) is 31.7 Å². The molecule has 1 aromatic rings. The van der Waals surface area contributed by atoms with Crippen molar-refractivity contribution < 1.29 is 19.1 Å². The lowest BCUT2D eigenvalue weighted by Crippen LogP contribution is -2.37. The number of aryl methyl sites for hydroxylation is 1. The first-order valence-corrected chi connectivity index (χ1v) is 6.64. The molecule has 5 nitrogen and oxygen atoms in total. The van der Waals surface area contributed by atoms with Crippen molar-refractivity contribution in [3.8, 4) is 0 Å². The number of hydrogen-bond donors (Lipinski definition) is 2. The Kier molecular flexibility index (Phi) is 4.24. The van der Waals surface area contributed by atoms with Crippen molar-refractivity contribution in [1.29, 1.82) is 0 Å². The van der Waals surface area contributed by atoms with Gasteiger partial charge in [-0.25, -0.2) is 0 Å². The Hall–Kier alpha value is -1.78. The van der Waals surface area contributed by atoms with Crippen LogP contribution in [0.4, 0.5) is 0 Å². The molecule has 2 atom stereocenters. The number of rotatable bonds is 4. The number of aliphatic carboxylic acids is 1. The molecule has 1 fully saturated rings. The fraction of sp³-hybridized carbons (Fsp3) is 0.571. The van der Waals surface area contributed by atoms with E-state index in [1.54, 1.807) is 13.0 Å². The minimum atomic E-state index is -0.752. The molecule has 1 aliphatic rings. The van der Waals surface area contributed by atoms with Crippen molar-refractivity contribution in [2.45, 2.75) is 32.6 Å². The van der Waals surface area contributed by atoms with Crippen molar-refractivity contribution in [2.24, 2.45) is 11.8 Å². The number of carboxylic acids is 1. The highest BCUT2D eigenvalue weighted by Gasteiger charge is 2.30. The Morgan fingerprint density at radius 1 is 1.42 bits per heavy atom. The first-order valence-electron chi connectivity index (χ1n) is 6.64. The third kappa shape index (κ3) is 3.36. The van der Waals surface area contributed by atoms with Crippen LogP contribution in [-0.4, -0.2) is 23.5 Å². The summed E-state index contributed by atoms with van der Waals surface area (Å²) in [6.07, 6.45) is 4.99. The SMILES string of the molecule is Cc1cc(C(=O)NCC2CCCCC2C(=O)O)co1. The van der Waals surface area contributed by atoms with Gasteiger partial charge in [0.1, 0.15) is 12.0 Å². The van der Waals surface area contributed by atoms with Gasteiger partial charge in [0.25, 0.3) is 5.91 Å². The van der Waals surface area contributed by atoms with Gasteiger partial charge in [-0.2, -0.15) is 0 Å². The van der Waals surface area contributed by atoms with E-state index in [1.165, 1.54) is 6.26 Å². The Morgan fingerprint density at radius 3 is 2.79 bits per heavy atom. The summed E-state index contributed by atoms with van der Waals surface area (Å²) in [5.41, 5.74) is 0.486. The average molecular weight is 265 g/mol. The van der Waals surface area contributed by atoms with Gasteiger partial charge >= 0.3 is 5.97 Å². The smallest absolute Gasteiger partial charge is 0.306 e. The lowest BCUT2D eigenvalue weighted by Gasteiger charge is -2.28. The molecule has 5 heteroatoms. The first kappa shape index (κ1) is 13.6. The van der Waals surface area contributed by atoms with Crippen LogP contribution in [0, 0.1) is 18.8 Å². The lowest BCUT2D eigenvalue weighted by molar-refractivity contribution is -0.144. The van der Waals surface area contributed by atoms with Crippen LogP contribution >= 0.6 is 0 Å². The number of furan rings is 1. The molecular formula is C14H19NO4. The molecule has 19 heavy (non-hydrogen) atoms. The second-order valence-electron chi connectivity index (χ2n) is 5.15. The van der Waals surface area contributed by atoms with E-state index >= 15 is 0 Å². The van der Waals surface area contributed by atoms with Crippen molar-refractivity contribution in [2.75, 3.05) is 6.54 Å². The monoisotopic (exact) mass is 265 g/mol. The number of carboxylic acid groups (broad SMARTS) is 1. The quantitative estimate of drug-likeness (QED) is 0.874. The van der Waals surface area contributed by atoms with Gasteiger partial charge < -0.3 is 14.8 Å². The molecule has 2 N–H and O–H groups in total.